The van der Waals surface area contributed by atoms with Crippen LogP contribution in [0, 0.1) is 6.92 Å². The molecule has 6 nitrogen and oxygen atoms in total. The number of aryl methyl sites for hydroxylation is 1. The van der Waals surface area contributed by atoms with Gasteiger partial charge in [0.15, 0.2) is 5.16 Å². The molecule has 4 rings (SSSR count). The van der Waals surface area contributed by atoms with E-state index in [1.165, 1.54) is 23.1 Å². The van der Waals surface area contributed by atoms with Crippen LogP contribution in [0.25, 0.3) is 10.2 Å². The normalized spacial score (nSPS) is 12.0. The number of carbonyl (C=O) groups is 1. The minimum Gasteiger partial charge on any atom is -0.495 e. The molecule has 0 aliphatic heterocycles. The number of methoxy groups -OCH3 is 1. The first-order chi connectivity index (χ1) is 16.0. The van der Waals surface area contributed by atoms with Crippen molar-refractivity contribution in [2.24, 2.45) is 0 Å². The number of anilines is 1. The van der Waals surface area contributed by atoms with Crippen LogP contribution >= 0.6 is 23.1 Å². The predicted octanol–water partition coefficient (Wildman–Crippen LogP) is 5.33. The van der Waals surface area contributed by atoms with Crippen LogP contribution in [0.4, 0.5) is 5.69 Å². The summed E-state index contributed by atoms with van der Waals surface area (Å²) in [7, 11) is 1.57. The van der Waals surface area contributed by atoms with E-state index in [1.807, 2.05) is 61.7 Å². The van der Waals surface area contributed by atoms with Crippen molar-refractivity contribution in [1.82, 2.24) is 9.55 Å². The van der Waals surface area contributed by atoms with Gasteiger partial charge in [-0.05, 0) is 42.5 Å². The van der Waals surface area contributed by atoms with Gasteiger partial charge in [0.1, 0.15) is 10.4 Å². The third kappa shape index (κ3) is 5.12. The molecular weight excluding hydrogens is 454 g/mol. The molecule has 0 spiro atoms. The average molecular weight is 480 g/mol. The van der Waals surface area contributed by atoms with Crippen molar-refractivity contribution in [2.75, 3.05) is 12.4 Å². The number of thioether (sulfide) groups is 1. The molecule has 0 saturated carbocycles. The number of hydrogen-bond acceptors (Lipinski definition) is 6. The summed E-state index contributed by atoms with van der Waals surface area (Å²) in [5.74, 6) is 0.438. The van der Waals surface area contributed by atoms with E-state index in [4.69, 9.17) is 9.72 Å². The van der Waals surface area contributed by atoms with Gasteiger partial charge in [-0.2, -0.15) is 0 Å². The molecule has 4 aromatic rings. The van der Waals surface area contributed by atoms with E-state index in [2.05, 4.69) is 5.32 Å². The molecule has 1 amide bonds. The second-order valence-electron chi connectivity index (χ2n) is 7.61. The standard InChI is InChI=1S/C25H25N3O3S2/c1-4-21(23(29)26-18-7-5-6-8-20(18)31-3)33-25-27-19-13-14-32-22(19)24(30)28(25)15-17-11-9-16(2)10-12-17/h5-14,21H,4,15H2,1-3H3,(H,26,29). The Bertz CT molecular complexity index is 1330. The zero-order valence-electron chi connectivity index (χ0n) is 18.7. The monoisotopic (exact) mass is 479 g/mol. The number of carbonyl (C=O) groups excluding carboxylic acids is 1. The van der Waals surface area contributed by atoms with Crippen LogP contribution in [0.2, 0.25) is 0 Å². The molecular formula is C25H25N3O3S2. The van der Waals surface area contributed by atoms with Gasteiger partial charge in [0.2, 0.25) is 5.91 Å². The van der Waals surface area contributed by atoms with Crippen molar-refractivity contribution in [3.63, 3.8) is 0 Å². The molecule has 0 radical (unpaired) electrons. The van der Waals surface area contributed by atoms with Crippen molar-refractivity contribution >= 4 is 44.9 Å². The Kier molecular flexibility index (Phi) is 7.15. The van der Waals surface area contributed by atoms with Crippen LogP contribution in [-0.4, -0.2) is 27.8 Å². The highest BCUT2D eigenvalue weighted by molar-refractivity contribution is 8.00. The summed E-state index contributed by atoms with van der Waals surface area (Å²) in [6.45, 7) is 4.38. The summed E-state index contributed by atoms with van der Waals surface area (Å²) in [5.41, 5.74) is 3.36. The fourth-order valence-corrected chi connectivity index (χ4v) is 5.23. The molecule has 0 fully saturated rings. The number of aromatic nitrogens is 2. The van der Waals surface area contributed by atoms with Crippen molar-refractivity contribution in [2.45, 2.75) is 37.2 Å². The van der Waals surface area contributed by atoms with E-state index >= 15 is 0 Å². The number of rotatable bonds is 8. The highest BCUT2D eigenvalue weighted by Gasteiger charge is 2.23. The Hall–Kier alpha value is -3.10. The summed E-state index contributed by atoms with van der Waals surface area (Å²) in [6.07, 6.45) is 0.577. The van der Waals surface area contributed by atoms with E-state index in [9.17, 15) is 9.59 Å². The summed E-state index contributed by atoms with van der Waals surface area (Å²) < 4.78 is 7.65. The largest absolute Gasteiger partial charge is 0.495 e. The Morgan fingerprint density at radius 1 is 1.18 bits per heavy atom. The number of benzene rings is 2. The molecule has 8 heteroatoms. The van der Waals surface area contributed by atoms with E-state index < -0.39 is 5.25 Å². The minimum atomic E-state index is -0.429. The lowest BCUT2D eigenvalue weighted by Gasteiger charge is -2.18. The van der Waals surface area contributed by atoms with Gasteiger partial charge in [-0.25, -0.2) is 4.98 Å². The maximum Gasteiger partial charge on any atom is 0.272 e. The molecule has 2 aromatic heterocycles. The fraction of sp³-hybridized carbons (Fsp3) is 0.240. The Labute approximate surface area is 200 Å². The quantitative estimate of drug-likeness (QED) is 0.273. The third-order valence-electron chi connectivity index (χ3n) is 5.27. The zero-order valence-corrected chi connectivity index (χ0v) is 20.3. The van der Waals surface area contributed by atoms with Crippen molar-refractivity contribution < 1.29 is 9.53 Å². The van der Waals surface area contributed by atoms with Crippen molar-refractivity contribution in [3.05, 3.63) is 81.5 Å². The second-order valence-corrected chi connectivity index (χ2v) is 9.70. The summed E-state index contributed by atoms with van der Waals surface area (Å²) in [4.78, 5) is 31.2. The fourth-order valence-electron chi connectivity index (χ4n) is 3.44. The van der Waals surface area contributed by atoms with Crippen LogP contribution in [-0.2, 0) is 11.3 Å². The van der Waals surface area contributed by atoms with Crippen LogP contribution in [0.5, 0.6) is 5.75 Å². The van der Waals surface area contributed by atoms with Gasteiger partial charge >= 0.3 is 0 Å². The molecule has 170 valence electrons. The average Bonchev–Trinajstić information content (AvgIpc) is 3.30. The number of thiophene rings is 1. The van der Waals surface area contributed by atoms with E-state index in [1.54, 1.807) is 23.8 Å². The summed E-state index contributed by atoms with van der Waals surface area (Å²) >= 11 is 2.70. The second kappa shape index (κ2) is 10.2. The van der Waals surface area contributed by atoms with Gasteiger partial charge in [-0.1, -0.05) is 60.6 Å². The molecule has 2 heterocycles. The molecule has 0 aliphatic carbocycles. The molecule has 0 aliphatic rings. The Morgan fingerprint density at radius 2 is 1.94 bits per heavy atom. The van der Waals surface area contributed by atoms with Crippen LogP contribution in [0.1, 0.15) is 24.5 Å². The number of nitrogens with zero attached hydrogens (tertiary/aromatic N) is 2. The molecule has 1 unspecified atom stereocenters. The molecule has 33 heavy (non-hydrogen) atoms. The van der Waals surface area contributed by atoms with Gasteiger partial charge in [-0.3, -0.25) is 14.2 Å². The third-order valence-corrected chi connectivity index (χ3v) is 7.51. The summed E-state index contributed by atoms with van der Waals surface area (Å²) in [6, 6.07) is 17.2. The summed E-state index contributed by atoms with van der Waals surface area (Å²) in [5, 5.41) is 4.93. The molecule has 1 atom stereocenters. The SMILES string of the molecule is CCC(Sc1nc2ccsc2c(=O)n1Cc1ccc(C)cc1)C(=O)Nc1ccccc1OC. The lowest BCUT2D eigenvalue weighted by Crippen LogP contribution is -2.28. The Balaban J connectivity index is 1.66. The number of para-hydroxylation sites is 2. The maximum absolute atomic E-state index is 13.3. The van der Waals surface area contributed by atoms with Crippen LogP contribution in [0.15, 0.2) is 69.9 Å². The van der Waals surface area contributed by atoms with Crippen molar-refractivity contribution in [3.8, 4) is 5.75 Å². The van der Waals surface area contributed by atoms with E-state index in [0.29, 0.717) is 39.8 Å². The molecule has 1 N–H and O–H groups in total. The van der Waals surface area contributed by atoms with E-state index in [-0.39, 0.29) is 11.5 Å². The van der Waals surface area contributed by atoms with Crippen LogP contribution in [0.3, 0.4) is 0 Å². The first-order valence-corrected chi connectivity index (χ1v) is 12.4. The van der Waals surface area contributed by atoms with Gasteiger partial charge in [0, 0.05) is 0 Å². The molecule has 2 aromatic carbocycles. The number of ether oxygens (including phenoxy) is 1. The zero-order chi connectivity index (χ0) is 23.4. The van der Waals surface area contributed by atoms with Gasteiger partial charge in [0.25, 0.3) is 5.56 Å². The van der Waals surface area contributed by atoms with Crippen LogP contribution < -0.4 is 15.6 Å². The first-order valence-electron chi connectivity index (χ1n) is 10.6. The molecule has 0 bridgehead atoms. The number of nitrogens with one attached hydrogen (secondary N) is 1. The number of hydrogen-bond donors (Lipinski definition) is 1. The Morgan fingerprint density at radius 3 is 2.67 bits per heavy atom. The smallest absolute Gasteiger partial charge is 0.272 e. The lowest BCUT2D eigenvalue weighted by molar-refractivity contribution is -0.115. The topological polar surface area (TPSA) is 73.2 Å². The minimum absolute atomic E-state index is 0.0851. The lowest BCUT2D eigenvalue weighted by atomic mass is 10.1. The first kappa shape index (κ1) is 23.1. The number of amides is 1. The molecule has 0 saturated heterocycles. The number of fused-ring (bicyclic) bond motifs is 1. The van der Waals surface area contributed by atoms with Gasteiger partial charge in [0.05, 0.1) is 30.1 Å². The van der Waals surface area contributed by atoms with E-state index in [0.717, 1.165) is 11.1 Å². The van der Waals surface area contributed by atoms with Gasteiger partial charge in [-0.15, -0.1) is 11.3 Å². The predicted molar refractivity (Wildman–Crippen MR) is 136 cm³/mol. The maximum atomic E-state index is 13.3. The highest BCUT2D eigenvalue weighted by Crippen LogP contribution is 2.29. The highest BCUT2D eigenvalue weighted by atomic mass is 32.2. The van der Waals surface area contributed by atoms with Crippen molar-refractivity contribution in [1.29, 1.82) is 0 Å². The van der Waals surface area contributed by atoms with Gasteiger partial charge < -0.3 is 10.1 Å².